The lowest BCUT2D eigenvalue weighted by atomic mass is 10.0. The van der Waals surface area contributed by atoms with Crippen LogP contribution in [0.5, 0.6) is 0 Å². The average molecular weight is 282 g/mol. The van der Waals surface area contributed by atoms with Crippen molar-refractivity contribution in [3.63, 3.8) is 0 Å². The summed E-state index contributed by atoms with van der Waals surface area (Å²) in [4.78, 5) is 13.9. The molecule has 1 atom stereocenters. The first-order valence-electron chi connectivity index (χ1n) is 6.71. The number of carbonyl (C=O) groups excluding carboxylic acids is 1. The lowest BCUT2D eigenvalue weighted by molar-refractivity contribution is -0.144. The molecule has 2 saturated heterocycles. The molecule has 1 unspecified atom stereocenters. The van der Waals surface area contributed by atoms with Crippen molar-refractivity contribution in [1.29, 1.82) is 0 Å². The van der Waals surface area contributed by atoms with Crippen molar-refractivity contribution in [2.45, 2.75) is 6.10 Å². The molecule has 3 rings (SSSR count). The molecular formula is C14H16F2N2O2. The molecule has 1 aromatic rings. The molecule has 2 aliphatic rings. The maximum absolute atomic E-state index is 13.3. The number of nitrogens with one attached hydrogen (secondary N) is 1. The fourth-order valence-electron chi connectivity index (χ4n) is 2.49. The summed E-state index contributed by atoms with van der Waals surface area (Å²) in [6, 6.07) is 3.73. The lowest BCUT2D eigenvalue weighted by Gasteiger charge is -2.37. The van der Waals surface area contributed by atoms with Gasteiger partial charge in [0.05, 0.1) is 19.1 Å². The molecule has 20 heavy (non-hydrogen) atoms. The fraction of sp³-hybridized carbons (Fsp3) is 0.500. The van der Waals surface area contributed by atoms with E-state index in [-0.39, 0.29) is 11.8 Å². The molecule has 1 amide bonds. The molecule has 2 heterocycles. The predicted molar refractivity (Wildman–Crippen MR) is 68.0 cm³/mol. The number of amides is 1. The molecule has 2 fully saturated rings. The van der Waals surface area contributed by atoms with Gasteiger partial charge in [-0.2, -0.15) is 0 Å². The smallest absolute Gasteiger partial charge is 0.228 e. The van der Waals surface area contributed by atoms with Crippen LogP contribution in [0.3, 0.4) is 0 Å². The fourth-order valence-corrected chi connectivity index (χ4v) is 2.49. The van der Waals surface area contributed by atoms with Crippen LogP contribution in [0.1, 0.15) is 11.7 Å². The maximum atomic E-state index is 13.3. The van der Waals surface area contributed by atoms with Gasteiger partial charge in [-0.1, -0.05) is 6.07 Å². The highest BCUT2D eigenvalue weighted by atomic mass is 19.2. The zero-order chi connectivity index (χ0) is 14.1. The summed E-state index contributed by atoms with van der Waals surface area (Å²) in [5, 5.41) is 3.07. The molecule has 0 aromatic heterocycles. The molecule has 108 valence electrons. The maximum Gasteiger partial charge on any atom is 0.228 e. The molecule has 2 aliphatic heterocycles. The third-order valence-electron chi connectivity index (χ3n) is 3.82. The highest BCUT2D eigenvalue weighted by Crippen LogP contribution is 2.25. The zero-order valence-electron chi connectivity index (χ0n) is 10.9. The number of hydrogen-bond donors (Lipinski definition) is 1. The minimum Gasteiger partial charge on any atom is -0.370 e. The standard InChI is InChI=1S/C14H16F2N2O2/c15-11-2-1-9(5-12(11)16)13-8-18(3-4-20-13)14(19)10-6-17-7-10/h1-2,5,10,13,17H,3-4,6-8H2. The van der Waals surface area contributed by atoms with Gasteiger partial charge in [0, 0.05) is 19.6 Å². The van der Waals surface area contributed by atoms with Gasteiger partial charge in [-0.3, -0.25) is 4.79 Å². The summed E-state index contributed by atoms with van der Waals surface area (Å²) < 4.78 is 31.8. The van der Waals surface area contributed by atoms with Crippen LogP contribution < -0.4 is 5.32 Å². The Balaban J connectivity index is 1.70. The Morgan fingerprint density at radius 1 is 1.30 bits per heavy atom. The van der Waals surface area contributed by atoms with Crippen molar-refractivity contribution in [3.05, 3.63) is 35.4 Å². The van der Waals surface area contributed by atoms with Crippen molar-refractivity contribution in [2.24, 2.45) is 5.92 Å². The lowest BCUT2D eigenvalue weighted by Crippen LogP contribution is -2.54. The molecule has 0 spiro atoms. The van der Waals surface area contributed by atoms with Crippen LogP contribution in [0.4, 0.5) is 8.78 Å². The minimum atomic E-state index is -0.891. The first-order chi connectivity index (χ1) is 9.65. The van der Waals surface area contributed by atoms with Crippen molar-refractivity contribution in [2.75, 3.05) is 32.8 Å². The van der Waals surface area contributed by atoms with E-state index >= 15 is 0 Å². The number of morpholine rings is 1. The summed E-state index contributed by atoms with van der Waals surface area (Å²) in [6.45, 7) is 2.78. The van der Waals surface area contributed by atoms with Crippen LogP contribution in [-0.4, -0.2) is 43.6 Å². The molecule has 1 aromatic carbocycles. The average Bonchev–Trinajstić information content (AvgIpc) is 2.40. The van der Waals surface area contributed by atoms with Crippen molar-refractivity contribution >= 4 is 5.91 Å². The SMILES string of the molecule is O=C(C1CNC1)N1CCOC(c2ccc(F)c(F)c2)C1. The quantitative estimate of drug-likeness (QED) is 0.882. The van der Waals surface area contributed by atoms with Crippen LogP contribution in [0.15, 0.2) is 18.2 Å². The summed E-state index contributed by atoms with van der Waals surface area (Å²) >= 11 is 0. The van der Waals surface area contributed by atoms with E-state index in [1.54, 1.807) is 4.90 Å². The number of halogens is 2. The Labute approximate surface area is 115 Å². The second kappa shape index (κ2) is 5.46. The Kier molecular flexibility index (Phi) is 3.67. The molecule has 0 radical (unpaired) electrons. The second-order valence-electron chi connectivity index (χ2n) is 5.17. The molecule has 0 saturated carbocycles. The van der Waals surface area contributed by atoms with Crippen molar-refractivity contribution in [1.82, 2.24) is 10.2 Å². The number of benzene rings is 1. The summed E-state index contributed by atoms with van der Waals surface area (Å²) in [5.41, 5.74) is 0.563. The van der Waals surface area contributed by atoms with Gasteiger partial charge in [-0.15, -0.1) is 0 Å². The Morgan fingerprint density at radius 3 is 2.75 bits per heavy atom. The van der Waals surface area contributed by atoms with E-state index in [0.717, 1.165) is 12.1 Å². The number of ether oxygens (including phenoxy) is 1. The predicted octanol–water partition coefficient (Wildman–Crippen LogP) is 1.08. The van der Waals surface area contributed by atoms with E-state index in [1.807, 2.05) is 0 Å². The van der Waals surface area contributed by atoms with Crippen LogP contribution >= 0.6 is 0 Å². The highest BCUT2D eigenvalue weighted by Gasteiger charge is 2.33. The van der Waals surface area contributed by atoms with Gasteiger partial charge in [0.15, 0.2) is 11.6 Å². The van der Waals surface area contributed by atoms with Crippen molar-refractivity contribution < 1.29 is 18.3 Å². The van der Waals surface area contributed by atoms with Gasteiger partial charge in [-0.05, 0) is 17.7 Å². The summed E-state index contributed by atoms with van der Waals surface area (Å²) in [5.74, 6) is -1.62. The summed E-state index contributed by atoms with van der Waals surface area (Å²) in [6.07, 6.45) is -0.393. The molecule has 6 heteroatoms. The van der Waals surface area contributed by atoms with Gasteiger partial charge < -0.3 is 15.0 Å². The second-order valence-corrected chi connectivity index (χ2v) is 5.17. The number of carbonyl (C=O) groups is 1. The molecule has 0 aliphatic carbocycles. The van der Waals surface area contributed by atoms with Gasteiger partial charge in [0.25, 0.3) is 0 Å². The molecular weight excluding hydrogens is 266 g/mol. The van der Waals surface area contributed by atoms with Crippen LogP contribution in [0.25, 0.3) is 0 Å². The van der Waals surface area contributed by atoms with Crippen LogP contribution in [0.2, 0.25) is 0 Å². The Morgan fingerprint density at radius 2 is 2.10 bits per heavy atom. The van der Waals surface area contributed by atoms with Gasteiger partial charge in [0.2, 0.25) is 5.91 Å². The third kappa shape index (κ3) is 2.53. The zero-order valence-corrected chi connectivity index (χ0v) is 10.9. The molecule has 4 nitrogen and oxygen atoms in total. The normalized spacial score (nSPS) is 23.5. The number of nitrogens with zero attached hydrogens (tertiary/aromatic N) is 1. The van der Waals surface area contributed by atoms with Crippen molar-refractivity contribution in [3.8, 4) is 0 Å². The third-order valence-corrected chi connectivity index (χ3v) is 3.82. The van der Waals surface area contributed by atoms with E-state index in [2.05, 4.69) is 5.32 Å². The Hall–Kier alpha value is -1.53. The van der Waals surface area contributed by atoms with E-state index < -0.39 is 17.7 Å². The Bertz CT molecular complexity index is 520. The minimum absolute atomic E-state index is 0.0405. The number of hydrogen-bond acceptors (Lipinski definition) is 3. The van der Waals surface area contributed by atoms with Crippen LogP contribution in [-0.2, 0) is 9.53 Å². The monoisotopic (exact) mass is 282 g/mol. The number of rotatable bonds is 2. The highest BCUT2D eigenvalue weighted by molar-refractivity contribution is 5.80. The molecule has 0 bridgehead atoms. The van der Waals surface area contributed by atoms with Gasteiger partial charge in [0.1, 0.15) is 6.10 Å². The van der Waals surface area contributed by atoms with Gasteiger partial charge in [-0.25, -0.2) is 8.78 Å². The topological polar surface area (TPSA) is 41.6 Å². The largest absolute Gasteiger partial charge is 0.370 e. The molecule has 1 N–H and O–H groups in total. The van der Waals surface area contributed by atoms with Gasteiger partial charge >= 0.3 is 0 Å². The van der Waals surface area contributed by atoms with Crippen LogP contribution in [0, 0.1) is 17.6 Å². The van der Waals surface area contributed by atoms with E-state index in [1.165, 1.54) is 6.07 Å². The first-order valence-corrected chi connectivity index (χ1v) is 6.71. The van der Waals surface area contributed by atoms with E-state index in [4.69, 9.17) is 4.74 Å². The summed E-state index contributed by atoms with van der Waals surface area (Å²) in [7, 11) is 0. The van der Waals surface area contributed by atoms with E-state index in [9.17, 15) is 13.6 Å². The first kappa shape index (κ1) is 13.5. The van der Waals surface area contributed by atoms with E-state index in [0.29, 0.717) is 38.3 Å².